The molecule has 0 nitrogen and oxygen atoms in total. The Hall–Kier alpha value is -0.550. The zero-order valence-electron chi connectivity index (χ0n) is 8.25. The van der Waals surface area contributed by atoms with E-state index in [0.29, 0.717) is 0 Å². The number of benzene rings is 1. The summed E-state index contributed by atoms with van der Waals surface area (Å²) in [7, 11) is 3.48. The van der Waals surface area contributed by atoms with Gasteiger partial charge in [0.2, 0.25) is 0 Å². The maximum Gasteiger partial charge on any atom is 0.416 e. The second kappa shape index (κ2) is 4.75. The second-order valence-electron chi connectivity index (χ2n) is 3.39. The summed E-state index contributed by atoms with van der Waals surface area (Å²) in [5, 5.41) is 0. The average molecular weight is 262 g/mol. The summed E-state index contributed by atoms with van der Waals surface area (Å²) >= 11 is 0. The van der Waals surface area contributed by atoms with Gasteiger partial charge >= 0.3 is 6.18 Å². The summed E-state index contributed by atoms with van der Waals surface area (Å²) in [6.07, 6.45) is -1.29. The molecular weight excluding hydrogens is 253 g/mol. The monoisotopic (exact) mass is 262 g/mol. The minimum Gasteiger partial charge on any atom is -0.166 e. The number of alkyl halides is 3. The molecule has 0 radical (unpaired) electrons. The molecule has 0 spiro atoms. The molecule has 0 N–H and O–H groups in total. The van der Waals surface area contributed by atoms with Crippen molar-refractivity contribution in [1.82, 2.24) is 0 Å². The summed E-state index contributed by atoms with van der Waals surface area (Å²) in [5.41, 5.74) is 0.237. The van der Waals surface area contributed by atoms with Crippen molar-refractivity contribution in [2.24, 2.45) is 0 Å². The van der Waals surface area contributed by atoms with E-state index in [1.165, 1.54) is 17.0 Å². The highest BCUT2D eigenvalue weighted by Gasteiger charge is 2.29. The van der Waals surface area contributed by atoms with Crippen LogP contribution in [0.1, 0.15) is 17.5 Å². The van der Waals surface area contributed by atoms with Gasteiger partial charge in [0.1, 0.15) is 0 Å². The molecule has 2 rings (SSSR count). The summed E-state index contributed by atoms with van der Waals surface area (Å²) < 4.78 is 36.9. The molecule has 16 heavy (non-hydrogen) atoms. The van der Waals surface area contributed by atoms with Gasteiger partial charge < -0.3 is 0 Å². The van der Waals surface area contributed by atoms with Gasteiger partial charge in [0.25, 0.3) is 0 Å². The average Bonchev–Trinajstić information content (AvgIpc) is 2.70. The molecule has 1 aromatic rings. The van der Waals surface area contributed by atoms with Crippen molar-refractivity contribution in [2.45, 2.75) is 12.6 Å². The first kappa shape index (κ1) is 11.9. The summed E-state index contributed by atoms with van der Waals surface area (Å²) in [6, 6.07) is 5.27. The second-order valence-corrected chi connectivity index (χ2v) is 5.93. The molecule has 1 aliphatic heterocycles. The highest BCUT2D eigenvalue weighted by molar-refractivity contribution is 8.78. The van der Waals surface area contributed by atoms with Crippen LogP contribution in [0.25, 0.3) is 6.08 Å². The van der Waals surface area contributed by atoms with Crippen molar-refractivity contribution < 1.29 is 13.2 Å². The molecule has 1 heterocycles. The predicted octanol–water partition coefficient (Wildman–Crippen LogP) is 4.83. The van der Waals surface area contributed by atoms with Gasteiger partial charge in [0.15, 0.2) is 0 Å². The largest absolute Gasteiger partial charge is 0.416 e. The zero-order valence-corrected chi connectivity index (χ0v) is 9.88. The molecule has 1 fully saturated rings. The molecule has 0 atom stereocenters. The fourth-order valence-corrected chi connectivity index (χ4v) is 3.74. The van der Waals surface area contributed by atoms with Gasteiger partial charge in [-0.3, -0.25) is 0 Å². The van der Waals surface area contributed by atoms with Crippen LogP contribution in [0.4, 0.5) is 13.2 Å². The van der Waals surface area contributed by atoms with Gasteiger partial charge in [0, 0.05) is 5.75 Å². The highest BCUT2D eigenvalue weighted by atomic mass is 33.1. The van der Waals surface area contributed by atoms with Crippen LogP contribution in [0.5, 0.6) is 0 Å². The number of allylic oxidation sites excluding steroid dienone is 1. The molecule has 0 unspecified atom stereocenters. The first-order valence-corrected chi connectivity index (χ1v) is 7.05. The fraction of sp³-hybridized carbons (Fsp3) is 0.273. The van der Waals surface area contributed by atoms with Crippen LogP contribution < -0.4 is 0 Å². The number of hydrogen-bond donors (Lipinski definition) is 0. The molecule has 1 aliphatic rings. The SMILES string of the molecule is FC(F)(F)c1ccc(/C=C2/CCSS2)cc1. The molecule has 1 saturated heterocycles. The molecule has 0 aromatic heterocycles. The van der Waals surface area contributed by atoms with Gasteiger partial charge in [-0.25, -0.2) is 0 Å². The van der Waals surface area contributed by atoms with Crippen LogP contribution >= 0.6 is 21.6 Å². The van der Waals surface area contributed by atoms with Gasteiger partial charge in [0.05, 0.1) is 5.56 Å². The minimum atomic E-state index is -4.25. The number of halogens is 3. The van der Waals surface area contributed by atoms with E-state index in [1.807, 2.05) is 6.08 Å². The predicted molar refractivity (Wildman–Crippen MR) is 64.1 cm³/mol. The Morgan fingerprint density at radius 1 is 1.12 bits per heavy atom. The van der Waals surface area contributed by atoms with E-state index in [-0.39, 0.29) is 0 Å². The van der Waals surface area contributed by atoms with E-state index < -0.39 is 11.7 Å². The van der Waals surface area contributed by atoms with Crippen molar-refractivity contribution in [2.75, 3.05) is 5.75 Å². The molecular formula is C11H9F3S2. The lowest BCUT2D eigenvalue weighted by molar-refractivity contribution is -0.137. The van der Waals surface area contributed by atoms with E-state index >= 15 is 0 Å². The summed E-state index contributed by atoms with van der Waals surface area (Å²) in [6.45, 7) is 0. The van der Waals surface area contributed by atoms with Gasteiger partial charge in [-0.2, -0.15) is 13.2 Å². The Morgan fingerprint density at radius 3 is 2.31 bits per heavy atom. The molecule has 0 bridgehead atoms. The van der Waals surface area contributed by atoms with Crippen LogP contribution in [-0.2, 0) is 6.18 Å². The zero-order chi connectivity index (χ0) is 11.6. The van der Waals surface area contributed by atoms with E-state index in [1.54, 1.807) is 21.6 Å². The first-order chi connectivity index (χ1) is 7.55. The van der Waals surface area contributed by atoms with Crippen molar-refractivity contribution in [3.63, 3.8) is 0 Å². The minimum absolute atomic E-state index is 0.594. The van der Waals surface area contributed by atoms with Crippen molar-refractivity contribution in [3.05, 3.63) is 40.3 Å². The number of hydrogen-bond acceptors (Lipinski definition) is 2. The van der Waals surface area contributed by atoms with E-state index in [4.69, 9.17) is 0 Å². The third-order valence-corrected chi connectivity index (χ3v) is 4.68. The van der Waals surface area contributed by atoms with Gasteiger partial charge in [-0.1, -0.05) is 33.7 Å². The number of rotatable bonds is 1. The van der Waals surface area contributed by atoms with Crippen molar-refractivity contribution in [3.8, 4) is 0 Å². The third kappa shape index (κ3) is 2.98. The van der Waals surface area contributed by atoms with Crippen LogP contribution in [0, 0.1) is 0 Å². The van der Waals surface area contributed by atoms with Gasteiger partial charge in [-0.15, -0.1) is 0 Å². The lowest BCUT2D eigenvalue weighted by Gasteiger charge is -2.06. The topological polar surface area (TPSA) is 0 Å². The lowest BCUT2D eigenvalue weighted by Crippen LogP contribution is -2.03. The van der Waals surface area contributed by atoms with E-state index in [2.05, 4.69) is 0 Å². The highest BCUT2D eigenvalue weighted by Crippen LogP contribution is 2.41. The molecule has 0 aliphatic carbocycles. The molecule has 0 amide bonds. The molecule has 1 aromatic carbocycles. The quantitative estimate of drug-likeness (QED) is 0.665. The van der Waals surface area contributed by atoms with E-state index in [0.717, 1.165) is 29.9 Å². The van der Waals surface area contributed by atoms with Crippen molar-refractivity contribution in [1.29, 1.82) is 0 Å². The van der Waals surface area contributed by atoms with E-state index in [9.17, 15) is 13.2 Å². The fourth-order valence-electron chi connectivity index (χ4n) is 1.35. The normalized spacial score (nSPS) is 19.3. The Kier molecular flexibility index (Phi) is 3.54. The van der Waals surface area contributed by atoms with Crippen molar-refractivity contribution >= 4 is 27.7 Å². The molecule has 5 heteroatoms. The Labute approximate surface area is 99.7 Å². The van der Waals surface area contributed by atoms with Crippen LogP contribution in [-0.4, -0.2) is 5.75 Å². The molecule has 0 saturated carbocycles. The van der Waals surface area contributed by atoms with Crippen LogP contribution in [0.15, 0.2) is 29.2 Å². The van der Waals surface area contributed by atoms with Crippen LogP contribution in [0.3, 0.4) is 0 Å². The smallest absolute Gasteiger partial charge is 0.166 e. The Bertz CT molecular complexity index is 385. The lowest BCUT2D eigenvalue weighted by atomic mass is 10.1. The Morgan fingerprint density at radius 2 is 1.81 bits per heavy atom. The first-order valence-electron chi connectivity index (χ1n) is 4.73. The maximum absolute atomic E-state index is 12.3. The van der Waals surface area contributed by atoms with Crippen LogP contribution in [0.2, 0.25) is 0 Å². The summed E-state index contributed by atoms with van der Waals surface area (Å²) in [5.74, 6) is 1.08. The Balaban J connectivity index is 2.16. The van der Waals surface area contributed by atoms with Gasteiger partial charge in [-0.05, 0) is 35.1 Å². The molecule has 86 valence electrons. The maximum atomic E-state index is 12.3. The summed E-state index contributed by atoms with van der Waals surface area (Å²) in [4.78, 5) is 1.23. The standard InChI is InChI=1S/C11H9F3S2/c12-11(13,14)9-3-1-8(2-4-9)7-10-5-6-15-16-10/h1-4,7H,5-6H2/b10-7-. The third-order valence-electron chi connectivity index (χ3n) is 2.16.